The molecule has 4 nitrogen and oxygen atoms in total. The zero-order valence-corrected chi connectivity index (χ0v) is 17.8. The van der Waals surface area contributed by atoms with Crippen LogP contribution in [0.1, 0.15) is 22.7 Å². The molecule has 0 aromatic heterocycles. The highest BCUT2D eigenvalue weighted by atomic mass is 19.1. The summed E-state index contributed by atoms with van der Waals surface area (Å²) in [5, 5.41) is 22.7. The first-order chi connectivity index (χ1) is 15.4. The lowest BCUT2D eigenvalue weighted by molar-refractivity contribution is -1.20. The van der Waals surface area contributed by atoms with Crippen molar-refractivity contribution in [1.82, 2.24) is 0 Å². The highest BCUT2D eigenvalue weighted by Crippen LogP contribution is 2.35. The van der Waals surface area contributed by atoms with Gasteiger partial charge >= 0.3 is 0 Å². The van der Waals surface area contributed by atoms with Crippen LogP contribution in [0, 0.1) is 11.6 Å². The van der Waals surface area contributed by atoms with Gasteiger partial charge in [0.2, 0.25) is 0 Å². The second kappa shape index (κ2) is 9.30. The van der Waals surface area contributed by atoms with Crippen molar-refractivity contribution < 1.29 is 28.5 Å². The third kappa shape index (κ3) is 5.11. The molecule has 1 fully saturated rings. The predicted molar refractivity (Wildman–Crippen MR) is 119 cm³/mol. The number of benzene rings is 3. The summed E-state index contributed by atoms with van der Waals surface area (Å²) in [7, 11) is 0. The van der Waals surface area contributed by atoms with E-state index in [4.69, 9.17) is 0 Å². The molecule has 0 amide bonds. The monoisotopic (exact) mass is 438 g/mol. The molecule has 6 heteroatoms. The lowest BCUT2D eigenvalue weighted by Gasteiger charge is -2.44. The predicted octanol–water partition coefficient (Wildman–Crippen LogP) is 5.19. The molecule has 4 rings (SSSR count). The van der Waals surface area contributed by atoms with Gasteiger partial charge in [0, 0.05) is 11.1 Å². The van der Waals surface area contributed by atoms with Crippen molar-refractivity contribution in [2.75, 3.05) is 32.7 Å². The van der Waals surface area contributed by atoms with Gasteiger partial charge in [0.1, 0.15) is 18.2 Å². The number of quaternary nitrogens is 2. The molecule has 166 valence electrons. The number of rotatable bonds is 6. The number of hydroxylamine groups is 6. The average molecular weight is 439 g/mol. The minimum absolute atomic E-state index is 0.163. The molecule has 1 aliphatic heterocycles. The highest BCUT2D eigenvalue weighted by molar-refractivity contribution is 5.48. The van der Waals surface area contributed by atoms with Crippen LogP contribution < -0.4 is 0 Å². The van der Waals surface area contributed by atoms with Gasteiger partial charge in [0.15, 0.2) is 32.2 Å². The van der Waals surface area contributed by atoms with Crippen LogP contribution in [0.5, 0.6) is 0 Å². The quantitative estimate of drug-likeness (QED) is 0.520. The molecule has 0 radical (unpaired) electrons. The second-order valence-electron chi connectivity index (χ2n) is 8.48. The van der Waals surface area contributed by atoms with Crippen LogP contribution in [-0.2, 0) is 0 Å². The van der Waals surface area contributed by atoms with Crippen LogP contribution in [0.2, 0.25) is 0 Å². The van der Waals surface area contributed by atoms with E-state index in [1.54, 1.807) is 24.3 Å². The topological polar surface area (TPSA) is 40.5 Å². The first-order valence-electron chi connectivity index (χ1n) is 10.8. The Balaban J connectivity index is 1.53. The van der Waals surface area contributed by atoms with E-state index in [1.165, 1.54) is 24.3 Å². The van der Waals surface area contributed by atoms with Crippen LogP contribution >= 0.6 is 0 Å². The van der Waals surface area contributed by atoms with Crippen molar-refractivity contribution in [3.63, 3.8) is 0 Å². The Morgan fingerprint density at radius 2 is 1.22 bits per heavy atom. The van der Waals surface area contributed by atoms with E-state index in [9.17, 15) is 19.2 Å². The number of hydrogen-bond acceptors (Lipinski definition) is 2. The maximum atomic E-state index is 13.5. The van der Waals surface area contributed by atoms with Crippen LogP contribution in [-0.4, -0.2) is 52.4 Å². The molecule has 32 heavy (non-hydrogen) atoms. The molecule has 0 bridgehead atoms. The van der Waals surface area contributed by atoms with Gasteiger partial charge in [-0.25, -0.2) is 19.2 Å². The van der Waals surface area contributed by atoms with Crippen LogP contribution in [0.4, 0.5) is 8.78 Å². The van der Waals surface area contributed by atoms with Crippen molar-refractivity contribution >= 4 is 6.08 Å². The Morgan fingerprint density at radius 3 is 1.72 bits per heavy atom. The van der Waals surface area contributed by atoms with Crippen molar-refractivity contribution in [3.05, 3.63) is 113 Å². The zero-order chi connectivity index (χ0) is 22.6. The summed E-state index contributed by atoms with van der Waals surface area (Å²) in [5.41, 5.74) is 2.54. The largest absolute Gasteiger partial charge is 0.216 e. The lowest BCUT2D eigenvalue weighted by atomic mass is 9.95. The Labute approximate surface area is 187 Å². The zero-order valence-electron chi connectivity index (χ0n) is 17.8. The molecule has 2 N–H and O–H groups in total. The van der Waals surface area contributed by atoms with Crippen molar-refractivity contribution in [2.45, 2.75) is 6.04 Å². The molecule has 0 aliphatic carbocycles. The van der Waals surface area contributed by atoms with Gasteiger partial charge < -0.3 is 0 Å². The summed E-state index contributed by atoms with van der Waals surface area (Å²) in [6.45, 7) is 1.75. The number of halogens is 2. The van der Waals surface area contributed by atoms with Gasteiger partial charge in [0.05, 0.1) is 0 Å². The summed E-state index contributed by atoms with van der Waals surface area (Å²) < 4.78 is 26.6. The first kappa shape index (κ1) is 22.3. The van der Waals surface area contributed by atoms with E-state index in [2.05, 4.69) is 0 Å². The van der Waals surface area contributed by atoms with Gasteiger partial charge in [-0.3, -0.25) is 0 Å². The summed E-state index contributed by atoms with van der Waals surface area (Å²) in [6.07, 6.45) is 3.93. The fourth-order valence-corrected chi connectivity index (χ4v) is 4.37. The van der Waals surface area contributed by atoms with Crippen LogP contribution in [0.25, 0.3) is 6.08 Å². The SMILES string of the molecule is O[N+]1(C/C=C/c2ccccc2)CC[N+](O)(C(c2ccc(F)cc2)c2ccc(F)cc2)CC1. The van der Waals surface area contributed by atoms with Gasteiger partial charge in [-0.2, -0.15) is 9.29 Å². The van der Waals surface area contributed by atoms with E-state index in [0.717, 1.165) is 16.7 Å². The third-order valence-electron chi connectivity index (χ3n) is 6.21. The molecule has 0 unspecified atom stereocenters. The molecule has 1 heterocycles. The lowest BCUT2D eigenvalue weighted by Crippen LogP contribution is -2.65. The minimum atomic E-state index is -0.509. The molecule has 1 saturated heterocycles. The van der Waals surface area contributed by atoms with Gasteiger partial charge in [-0.05, 0) is 60.2 Å². The normalized spacial score (nSPS) is 23.7. The van der Waals surface area contributed by atoms with E-state index in [0.29, 0.717) is 32.7 Å². The fraction of sp³-hybridized carbons (Fsp3) is 0.231. The standard InChI is InChI=1S/C26H28F2N2O2/c27-24-12-8-22(9-13-24)26(23-10-14-25(28)15-11-23)30(32)19-17-29(31,18-20-30)16-4-7-21-5-2-1-3-6-21/h1-15,26,31-32H,16-20H2/q+2/b7-4+. The molecular formula is C26H28F2N2O2+2. The molecule has 0 saturated carbocycles. The maximum absolute atomic E-state index is 13.5. The molecule has 0 spiro atoms. The third-order valence-corrected chi connectivity index (χ3v) is 6.21. The maximum Gasteiger partial charge on any atom is 0.170 e. The molecule has 3 aromatic carbocycles. The smallest absolute Gasteiger partial charge is 0.170 e. The molecule has 1 aliphatic rings. The average Bonchev–Trinajstić information content (AvgIpc) is 2.80. The van der Waals surface area contributed by atoms with E-state index < -0.39 is 6.04 Å². The molecule has 3 aromatic rings. The molecule has 0 atom stereocenters. The Bertz CT molecular complexity index is 1000. The second-order valence-corrected chi connectivity index (χ2v) is 8.48. The van der Waals surface area contributed by atoms with Crippen molar-refractivity contribution in [1.29, 1.82) is 0 Å². The Hall–Kier alpha value is -2.90. The molecular weight excluding hydrogens is 410 g/mol. The van der Waals surface area contributed by atoms with Gasteiger partial charge in [0.25, 0.3) is 0 Å². The van der Waals surface area contributed by atoms with Crippen molar-refractivity contribution in [2.24, 2.45) is 0 Å². The number of nitrogens with zero attached hydrogens (tertiary/aromatic N) is 2. The van der Waals surface area contributed by atoms with Crippen molar-refractivity contribution in [3.8, 4) is 0 Å². The number of piperazine rings is 1. The van der Waals surface area contributed by atoms with Crippen LogP contribution in [0.3, 0.4) is 0 Å². The Morgan fingerprint density at radius 1 is 0.719 bits per heavy atom. The highest BCUT2D eigenvalue weighted by Gasteiger charge is 2.47. The van der Waals surface area contributed by atoms with E-state index in [-0.39, 0.29) is 20.9 Å². The minimum Gasteiger partial charge on any atom is -0.216 e. The summed E-state index contributed by atoms with van der Waals surface area (Å²) in [4.78, 5) is 0. The van der Waals surface area contributed by atoms with E-state index >= 15 is 0 Å². The van der Waals surface area contributed by atoms with Gasteiger partial charge in [-0.1, -0.05) is 36.4 Å². The van der Waals surface area contributed by atoms with E-state index in [1.807, 2.05) is 42.5 Å². The van der Waals surface area contributed by atoms with Crippen LogP contribution in [0.15, 0.2) is 84.9 Å². The fourth-order valence-electron chi connectivity index (χ4n) is 4.37. The Kier molecular flexibility index (Phi) is 6.48. The summed E-state index contributed by atoms with van der Waals surface area (Å²) in [5.74, 6) is -0.711. The summed E-state index contributed by atoms with van der Waals surface area (Å²) >= 11 is 0. The first-order valence-corrected chi connectivity index (χ1v) is 10.8. The summed E-state index contributed by atoms with van der Waals surface area (Å²) in [6, 6.07) is 21.4. The number of hydrogen-bond donors (Lipinski definition) is 2. The van der Waals surface area contributed by atoms with Gasteiger partial charge in [-0.15, -0.1) is 0 Å².